The molecule has 0 saturated heterocycles. The van der Waals surface area contributed by atoms with Crippen molar-refractivity contribution in [3.05, 3.63) is 96.2 Å². The molecule has 5 nitrogen and oxygen atoms in total. The minimum absolute atomic E-state index is 0.163. The fourth-order valence-electron chi connectivity index (χ4n) is 2.97. The number of nitrogens with one attached hydrogen (secondary N) is 1. The van der Waals surface area contributed by atoms with Crippen molar-refractivity contribution in [1.82, 2.24) is 10.3 Å². The monoisotopic (exact) mass is 372 g/mol. The molecule has 2 heterocycles. The summed E-state index contributed by atoms with van der Waals surface area (Å²) in [4.78, 5) is 16.5. The summed E-state index contributed by atoms with van der Waals surface area (Å²) < 4.78 is 11.4. The number of fused-ring (bicyclic) bond motifs is 1. The van der Waals surface area contributed by atoms with Gasteiger partial charge in [-0.25, -0.2) is 0 Å². The van der Waals surface area contributed by atoms with Crippen molar-refractivity contribution in [3.8, 4) is 5.75 Å². The van der Waals surface area contributed by atoms with Gasteiger partial charge in [-0.3, -0.25) is 9.78 Å². The van der Waals surface area contributed by atoms with Gasteiger partial charge >= 0.3 is 0 Å². The van der Waals surface area contributed by atoms with Gasteiger partial charge in [0.25, 0.3) is 5.91 Å². The Morgan fingerprint density at radius 3 is 2.75 bits per heavy atom. The lowest BCUT2D eigenvalue weighted by atomic mass is 10.1. The minimum Gasteiger partial charge on any atom is -0.486 e. The Labute approximate surface area is 163 Å². The lowest BCUT2D eigenvalue weighted by Gasteiger charge is -2.12. The third kappa shape index (κ3) is 4.04. The molecule has 1 N–H and O–H groups in total. The molecule has 0 aliphatic carbocycles. The molecule has 4 aromatic rings. The largest absolute Gasteiger partial charge is 0.486 e. The number of hydrogen-bond acceptors (Lipinski definition) is 4. The summed E-state index contributed by atoms with van der Waals surface area (Å²) >= 11 is 0. The number of hydrogen-bond donors (Lipinski definition) is 1. The van der Waals surface area contributed by atoms with Crippen LogP contribution in [0, 0.1) is 0 Å². The minimum atomic E-state index is -0.270. The van der Waals surface area contributed by atoms with Gasteiger partial charge in [0.15, 0.2) is 5.76 Å². The molecule has 0 bridgehead atoms. The second-order valence-electron chi connectivity index (χ2n) is 6.55. The second kappa shape index (κ2) is 7.96. The molecule has 0 spiro atoms. The molecule has 0 aliphatic heterocycles. The zero-order valence-corrected chi connectivity index (χ0v) is 15.5. The zero-order valence-electron chi connectivity index (χ0n) is 15.5. The first kappa shape index (κ1) is 17.8. The smallest absolute Gasteiger partial charge is 0.287 e. The van der Waals surface area contributed by atoms with E-state index in [1.54, 1.807) is 24.5 Å². The average molecular weight is 372 g/mol. The number of carbonyl (C=O) groups excluding carboxylic acids is 1. The number of ether oxygens (including phenoxy) is 1. The molecular weight excluding hydrogens is 352 g/mol. The molecule has 28 heavy (non-hydrogen) atoms. The Bertz CT molecular complexity index is 1090. The first-order chi connectivity index (χ1) is 13.7. The van der Waals surface area contributed by atoms with Crippen LogP contribution in [0.5, 0.6) is 5.75 Å². The molecule has 0 saturated carbocycles. The highest BCUT2D eigenvalue weighted by molar-refractivity contribution is 5.91. The van der Waals surface area contributed by atoms with Gasteiger partial charge < -0.3 is 14.5 Å². The SMILES string of the molecule is C[C@@H](NC(=O)c1ccc(COc2ccc3ccccc3c2)o1)c1cccnc1. The van der Waals surface area contributed by atoms with E-state index in [4.69, 9.17) is 9.15 Å². The summed E-state index contributed by atoms with van der Waals surface area (Å²) in [6.45, 7) is 2.16. The number of benzene rings is 2. The van der Waals surface area contributed by atoms with E-state index >= 15 is 0 Å². The van der Waals surface area contributed by atoms with Crippen LogP contribution in [0.1, 0.15) is 34.8 Å². The Balaban J connectivity index is 1.37. The van der Waals surface area contributed by atoms with E-state index in [0.717, 1.165) is 22.1 Å². The van der Waals surface area contributed by atoms with Crippen molar-refractivity contribution in [2.75, 3.05) is 0 Å². The maximum Gasteiger partial charge on any atom is 0.287 e. The van der Waals surface area contributed by atoms with Crippen molar-refractivity contribution in [3.63, 3.8) is 0 Å². The van der Waals surface area contributed by atoms with Gasteiger partial charge in [-0.1, -0.05) is 36.4 Å². The van der Waals surface area contributed by atoms with Crippen molar-refractivity contribution in [2.24, 2.45) is 0 Å². The fourth-order valence-corrected chi connectivity index (χ4v) is 2.97. The summed E-state index contributed by atoms with van der Waals surface area (Å²) in [6, 6.07) is 21.0. The third-order valence-corrected chi connectivity index (χ3v) is 4.52. The molecule has 0 aliphatic rings. The zero-order chi connectivity index (χ0) is 19.3. The number of carbonyl (C=O) groups is 1. The molecule has 1 atom stereocenters. The normalized spacial score (nSPS) is 11.9. The Kier molecular flexibility index (Phi) is 5.06. The van der Waals surface area contributed by atoms with E-state index < -0.39 is 0 Å². The van der Waals surface area contributed by atoms with Crippen LogP contribution in [0.3, 0.4) is 0 Å². The molecule has 4 rings (SSSR count). The predicted octanol–water partition coefficient (Wildman–Crippen LogP) is 4.90. The van der Waals surface area contributed by atoms with Crippen LogP contribution >= 0.6 is 0 Å². The molecular formula is C23H20N2O3. The summed E-state index contributed by atoms with van der Waals surface area (Å²) in [5.74, 6) is 1.33. The van der Waals surface area contributed by atoms with Crippen LogP contribution in [0.15, 0.2) is 83.5 Å². The van der Waals surface area contributed by atoms with Crippen molar-refractivity contribution in [1.29, 1.82) is 0 Å². The molecule has 0 radical (unpaired) electrons. The maximum atomic E-state index is 12.4. The van der Waals surface area contributed by atoms with E-state index in [0.29, 0.717) is 5.76 Å². The molecule has 5 heteroatoms. The van der Waals surface area contributed by atoms with E-state index in [-0.39, 0.29) is 24.3 Å². The van der Waals surface area contributed by atoms with Gasteiger partial charge in [-0.05, 0) is 53.6 Å². The number of nitrogens with zero attached hydrogens (tertiary/aromatic N) is 1. The van der Waals surface area contributed by atoms with Crippen molar-refractivity contribution < 1.29 is 13.9 Å². The van der Waals surface area contributed by atoms with E-state index in [1.807, 2.05) is 55.5 Å². The Hall–Kier alpha value is -3.60. The van der Waals surface area contributed by atoms with Gasteiger partial charge in [-0.15, -0.1) is 0 Å². The lowest BCUT2D eigenvalue weighted by molar-refractivity contribution is 0.0907. The number of rotatable bonds is 6. The standard InChI is InChI=1S/C23H20N2O3/c1-16(19-7-4-12-24-14-19)25-23(26)22-11-10-21(28-22)15-27-20-9-8-17-5-2-3-6-18(17)13-20/h2-14,16H,15H2,1H3,(H,25,26)/t16-/m1/s1. The summed E-state index contributed by atoms with van der Waals surface area (Å²) in [6.07, 6.45) is 3.43. The highest BCUT2D eigenvalue weighted by Crippen LogP contribution is 2.22. The predicted molar refractivity (Wildman–Crippen MR) is 107 cm³/mol. The van der Waals surface area contributed by atoms with Gasteiger partial charge in [0, 0.05) is 12.4 Å². The fraction of sp³-hybridized carbons (Fsp3) is 0.130. The van der Waals surface area contributed by atoms with Crippen LogP contribution in [-0.4, -0.2) is 10.9 Å². The molecule has 0 fully saturated rings. The topological polar surface area (TPSA) is 64.4 Å². The highest BCUT2D eigenvalue weighted by Gasteiger charge is 2.15. The molecule has 1 amide bonds. The third-order valence-electron chi connectivity index (χ3n) is 4.52. The molecule has 2 aromatic carbocycles. The number of furan rings is 1. The first-order valence-corrected chi connectivity index (χ1v) is 9.10. The van der Waals surface area contributed by atoms with Crippen molar-refractivity contribution in [2.45, 2.75) is 19.6 Å². The number of pyridine rings is 1. The van der Waals surface area contributed by atoms with E-state index in [2.05, 4.69) is 16.4 Å². The van der Waals surface area contributed by atoms with E-state index in [1.165, 1.54) is 0 Å². The molecule has 0 unspecified atom stereocenters. The number of amides is 1. The summed E-state index contributed by atoms with van der Waals surface area (Å²) in [7, 11) is 0. The van der Waals surface area contributed by atoms with Crippen LogP contribution in [0.4, 0.5) is 0 Å². The highest BCUT2D eigenvalue weighted by atomic mass is 16.5. The summed E-state index contributed by atoms with van der Waals surface area (Å²) in [5.41, 5.74) is 0.933. The van der Waals surface area contributed by atoms with Gasteiger partial charge in [0.1, 0.15) is 18.1 Å². The Morgan fingerprint density at radius 2 is 1.93 bits per heavy atom. The quantitative estimate of drug-likeness (QED) is 0.523. The van der Waals surface area contributed by atoms with Crippen LogP contribution in [0.2, 0.25) is 0 Å². The first-order valence-electron chi connectivity index (χ1n) is 9.10. The van der Waals surface area contributed by atoms with Crippen LogP contribution in [-0.2, 0) is 6.61 Å². The lowest BCUT2D eigenvalue weighted by Crippen LogP contribution is -2.26. The average Bonchev–Trinajstić information content (AvgIpc) is 3.22. The van der Waals surface area contributed by atoms with Crippen LogP contribution in [0.25, 0.3) is 10.8 Å². The molecule has 140 valence electrons. The van der Waals surface area contributed by atoms with Crippen molar-refractivity contribution >= 4 is 16.7 Å². The maximum absolute atomic E-state index is 12.4. The van der Waals surface area contributed by atoms with Gasteiger partial charge in [0.2, 0.25) is 0 Å². The molecule has 2 aromatic heterocycles. The summed E-state index contributed by atoms with van der Waals surface area (Å²) in [5, 5.41) is 5.18. The van der Waals surface area contributed by atoms with Gasteiger partial charge in [0.05, 0.1) is 6.04 Å². The van der Waals surface area contributed by atoms with Crippen LogP contribution < -0.4 is 10.1 Å². The van der Waals surface area contributed by atoms with E-state index in [9.17, 15) is 4.79 Å². The number of aromatic nitrogens is 1. The Morgan fingerprint density at radius 1 is 1.07 bits per heavy atom. The van der Waals surface area contributed by atoms with Gasteiger partial charge in [-0.2, -0.15) is 0 Å². The second-order valence-corrected chi connectivity index (χ2v) is 6.55.